The molecule has 0 aromatic heterocycles. The van der Waals surface area contributed by atoms with Gasteiger partial charge in [-0.25, -0.2) is 0 Å². The highest BCUT2D eigenvalue weighted by Gasteiger charge is 2.26. The summed E-state index contributed by atoms with van der Waals surface area (Å²) in [5.74, 6) is 0.222. The van der Waals surface area contributed by atoms with E-state index < -0.39 is 0 Å². The molecule has 2 unspecified atom stereocenters. The number of nitrogens with zero attached hydrogens (tertiary/aromatic N) is 1. The number of carbonyl (C=O) groups is 1. The minimum Gasteiger partial charge on any atom is -0.340 e. The summed E-state index contributed by atoms with van der Waals surface area (Å²) in [6, 6.07) is 8.68. The number of benzene rings is 1. The molecular weight excluding hydrogens is 260 g/mol. The number of amides is 1. The Morgan fingerprint density at radius 2 is 2.21 bits per heavy atom. The standard InChI is InChI=1S/C15H22N2O.ClH/c1-11-4-3-5-13(8-11)10-15(18)17-7-6-14(16)9-12(17)2;/h3-5,8,12,14H,6-7,9-10,16H2,1-2H3;1H. The second kappa shape index (κ2) is 6.92. The summed E-state index contributed by atoms with van der Waals surface area (Å²) < 4.78 is 0. The van der Waals surface area contributed by atoms with E-state index in [0.717, 1.165) is 24.9 Å². The topological polar surface area (TPSA) is 46.3 Å². The smallest absolute Gasteiger partial charge is 0.227 e. The number of nitrogens with two attached hydrogens (primary N) is 1. The van der Waals surface area contributed by atoms with Gasteiger partial charge in [0.1, 0.15) is 0 Å². The molecule has 0 bridgehead atoms. The van der Waals surface area contributed by atoms with Crippen LogP contribution in [0.5, 0.6) is 0 Å². The van der Waals surface area contributed by atoms with Crippen molar-refractivity contribution in [1.82, 2.24) is 4.90 Å². The molecule has 3 nitrogen and oxygen atoms in total. The quantitative estimate of drug-likeness (QED) is 0.905. The number of halogens is 1. The molecule has 106 valence electrons. The molecule has 4 heteroatoms. The molecule has 1 aliphatic rings. The van der Waals surface area contributed by atoms with Crippen molar-refractivity contribution in [3.63, 3.8) is 0 Å². The lowest BCUT2D eigenvalue weighted by Crippen LogP contribution is -2.48. The van der Waals surface area contributed by atoms with Gasteiger partial charge >= 0.3 is 0 Å². The molecule has 2 atom stereocenters. The zero-order chi connectivity index (χ0) is 13.1. The molecule has 0 radical (unpaired) electrons. The Kier molecular flexibility index (Phi) is 5.83. The molecule has 2 rings (SSSR count). The summed E-state index contributed by atoms with van der Waals surface area (Å²) >= 11 is 0. The molecule has 0 aliphatic carbocycles. The first-order chi connectivity index (χ1) is 8.56. The maximum Gasteiger partial charge on any atom is 0.227 e. The van der Waals surface area contributed by atoms with Gasteiger partial charge in [-0.15, -0.1) is 12.4 Å². The highest BCUT2D eigenvalue weighted by Crippen LogP contribution is 2.17. The minimum absolute atomic E-state index is 0. The number of piperidine rings is 1. The Bertz CT molecular complexity index is 436. The first-order valence-corrected chi connectivity index (χ1v) is 6.67. The summed E-state index contributed by atoms with van der Waals surface area (Å²) in [5, 5.41) is 0. The zero-order valence-electron chi connectivity index (χ0n) is 11.6. The Morgan fingerprint density at radius 3 is 2.84 bits per heavy atom. The molecule has 1 aliphatic heterocycles. The third kappa shape index (κ3) is 4.22. The van der Waals surface area contributed by atoms with Crippen LogP contribution in [-0.2, 0) is 11.2 Å². The number of rotatable bonds is 2. The van der Waals surface area contributed by atoms with Gasteiger partial charge in [0.05, 0.1) is 6.42 Å². The summed E-state index contributed by atoms with van der Waals surface area (Å²) in [4.78, 5) is 14.3. The maximum absolute atomic E-state index is 12.3. The Labute approximate surface area is 121 Å². The van der Waals surface area contributed by atoms with Gasteiger partial charge in [-0.2, -0.15) is 0 Å². The fraction of sp³-hybridized carbons (Fsp3) is 0.533. The van der Waals surface area contributed by atoms with Gasteiger partial charge in [0.2, 0.25) is 5.91 Å². The summed E-state index contributed by atoms with van der Waals surface area (Å²) in [5.41, 5.74) is 8.22. The monoisotopic (exact) mass is 282 g/mol. The van der Waals surface area contributed by atoms with Crippen LogP contribution in [0.25, 0.3) is 0 Å². The third-order valence-electron chi connectivity index (χ3n) is 3.67. The van der Waals surface area contributed by atoms with Gasteiger partial charge < -0.3 is 10.6 Å². The van der Waals surface area contributed by atoms with E-state index in [1.807, 2.05) is 17.0 Å². The molecule has 1 amide bonds. The van der Waals surface area contributed by atoms with E-state index in [9.17, 15) is 4.79 Å². The lowest BCUT2D eigenvalue weighted by molar-refractivity contribution is -0.133. The summed E-state index contributed by atoms with van der Waals surface area (Å²) in [7, 11) is 0. The van der Waals surface area contributed by atoms with Crippen molar-refractivity contribution >= 4 is 18.3 Å². The van der Waals surface area contributed by atoms with Crippen molar-refractivity contribution in [2.45, 2.75) is 45.2 Å². The number of hydrogen-bond acceptors (Lipinski definition) is 2. The average molecular weight is 283 g/mol. The van der Waals surface area contributed by atoms with Crippen molar-refractivity contribution in [1.29, 1.82) is 0 Å². The average Bonchev–Trinajstić information content (AvgIpc) is 2.28. The molecule has 19 heavy (non-hydrogen) atoms. The molecule has 1 aromatic carbocycles. The normalized spacial score (nSPS) is 22.8. The Hall–Kier alpha value is -1.06. The SMILES string of the molecule is Cc1cccc(CC(=O)N2CCC(N)CC2C)c1.Cl. The second-order valence-electron chi connectivity index (χ2n) is 5.39. The first kappa shape index (κ1) is 16.0. The van der Waals surface area contributed by atoms with Gasteiger partial charge in [0, 0.05) is 18.6 Å². The van der Waals surface area contributed by atoms with Crippen molar-refractivity contribution in [2.24, 2.45) is 5.73 Å². The fourth-order valence-electron chi connectivity index (χ4n) is 2.68. The first-order valence-electron chi connectivity index (χ1n) is 6.67. The van der Waals surface area contributed by atoms with Crippen LogP contribution in [0.3, 0.4) is 0 Å². The highest BCUT2D eigenvalue weighted by molar-refractivity contribution is 5.85. The van der Waals surface area contributed by atoms with Crippen LogP contribution >= 0.6 is 12.4 Å². The summed E-state index contributed by atoms with van der Waals surface area (Å²) in [6.45, 7) is 4.94. The van der Waals surface area contributed by atoms with Crippen LogP contribution in [0.4, 0.5) is 0 Å². The van der Waals surface area contributed by atoms with Crippen LogP contribution in [0.2, 0.25) is 0 Å². The van der Waals surface area contributed by atoms with Crippen molar-refractivity contribution < 1.29 is 4.79 Å². The van der Waals surface area contributed by atoms with Crippen LogP contribution in [-0.4, -0.2) is 29.4 Å². The molecular formula is C15H23ClN2O. The van der Waals surface area contributed by atoms with E-state index in [-0.39, 0.29) is 30.4 Å². The molecule has 0 saturated carbocycles. The molecule has 1 aromatic rings. The predicted octanol–water partition coefficient (Wildman–Crippen LogP) is 2.30. The number of likely N-dealkylation sites (tertiary alicyclic amines) is 1. The van der Waals surface area contributed by atoms with Crippen LogP contribution < -0.4 is 5.73 Å². The lowest BCUT2D eigenvalue weighted by Gasteiger charge is -2.36. The second-order valence-corrected chi connectivity index (χ2v) is 5.39. The lowest BCUT2D eigenvalue weighted by atomic mass is 9.98. The predicted molar refractivity (Wildman–Crippen MR) is 80.5 cm³/mol. The van der Waals surface area contributed by atoms with E-state index in [4.69, 9.17) is 5.73 Å². The van der Waals surface area contributed by atoms with E-state index in [1.54, 1.807) is 0 Å². The van der Waals surface area contributed by atoms with Gasteiger partial charge in [0.15, 0.2) is 0 Å². The largest absolute Gasteiger partial charge is 0.340 e. The van der Waals surface area contributed by atoms with Crippen LogP contribution in [0, 0.1) is 6.92 Å². The van der Waals surface area contributed by atoms with Gasteiger partial charge in [0.25, 0.3) is 0 Å². The third-order valence-corrected chi connectivity index (χ3v) is 3.67. The van der Waals surface area contributed by atoms with Gasteiger partial charge in [-0.05, 0) is 32.3 Å². The van der Waals surface area contributed by atoms with E-state index >= 15 is 0 Å². The van der Waals surface area contributed by atoms with Crippen LogP contribution in [0.15, 0.2) is 24.3 Å². The van der Waals surface area contributed by atoms with Crippen molar-refractivity contribution in [2.75, 3.05) is 6.54 Å². The van der Waals surface area contributed by atoms with Crippen LogP contribution in [0.1, 0.15) is 30.9 Å². The highest BCUT2D eigenvalue weighted by atomic mass is 35.5. The van der Waals surface area contributed by atoms with E-state index in [0.29, 0.717) is 6.42 Å². The van der Waals surface area contributed by atoms with Gasteiger partial charge in [-0.3, -0.25) is 4.79 Å². The van der Waals surface area contributed by atoms with E-state index in [1.165, 1.54) is 5.56 Å². The van der Waals surface area contributed by atoms with Gasteiger partial charge in [-0.1, -0.05) is 29.8 Å². The summed E-state index contributed by atoms with van der Waals surface area (Å²) in [6.07, 6.45) is 2.34. The van der Waals surface area contributed by atoms with Crippen molar-refractivity contribution in [3.05, 3.63) is 35.4 Å². The minimum atomic E-state index is 0. The molecule has 1 heterocycles. The Balaban J connectivity index is 0.00000180. The fourth-order valence-corrected chi connectivity index (χ4v) is 2.68. The molecule has 1 fully saturated rings. The molecule has 2 N–H and O–H groups in total. The number of hydrogen-bond donors (Lipinski definition) is 1. The molecule has 0 spiro atoms. The Morgan fingerprint density at radius 1 is 1.47 bits per heavy atom. The molecule has 1 saturated heterocycles. The van der Waals surface area contributed by atoms with Crippen molar-refractivity contribution in [3.8, 4) is 0 Å². The number of carbonyl (C=O) groups excluding carboxylic acids is 1. The van der Waals surface area contributed by atoms with E-state index in [2.05, 4.69) is 26.0 Å². The zero-order valence-corrected chi connectivity index (χ0v) is 12.5. The maximum atomic E-state index is 12.3. The number of aryl methyl sites for hydroxylation is 1.